The molecule has 72 valence electrons. The van der Waals surface area contributed by atoms with Gasteiger partial charge in [0.15, 0.2) is 0 Å². The summed E-state index contributed by atoms with van der Waals surface area (Å²) in [6.45, 7) is 0. The zero-order chi connectivity index (χ0) is 10.1. The maximum atomic E-state index is 13.1. The van der Waals surface area contributed by atoms with Gasteiger partial charge in [-0.05, 0) is 28.1 Å². The van der Waals surface area contributed by atoms with Gasteiger partial charge in [0.1, 0.15) is 0 Å². The summed E-state index contributed by atoms with van der Waals surface area (Å²) in [6, 6.07) is 2.64. The van der Waals surface area contributed by atoms with Gasteiger partial charge in [-0.2, -0.15) is 8.78 Å². The molecule has 0 aromatic carbocycles. The fourth-order valence-corrected chi connectivity index (χ4v) is 2.06. The van der Waals surface area contributed by atoms with Crippen LogP contribution in [-0.2, 0) is 15.5 Å². The van der Waals surface area contributed by atoms with E-state index in [9.17, 15) is 13.6 Å². The molecule has 0 radical (unpaired) electrons. The molecule has 2 nitrogen and oxygen atoms in total. The largest absolute Gasteiger partial charge is 0.464 e. The summed E-state index contributed by atoms with van der Waals surface area (Å²) >= 11 is 3.83. The van der Waals surface area contributed by atoms with E-state index in [4.69, 9.17) is 0 Å². The van der Waals surface area contributed by atoms with Crippen molar-refractivity contribution >= 4 is 33.2 Å². The second-order valence-corrected chi connectivity index (χ2v) is 4.63. The average molecular weight is 271 g/mol. The minimum Gasteiger partial charge on any atom is -0.464 e. The number of methoxy groups -OCH3 is 1. The summed E-state index contributed by atoms with van der Waals surface area (Å²) in [5, 5.41) is 0. The van der Waals surface area contributed by atoms with Crippen LogP contribution in [0.1, 0.15) is 4.88 Å². The van der Waals surface area contributed by atoms with Crippen molar-refractivity contribution in [3.05, 3.63) is 20.8 Å². The Morgan fingerprint density at radius 1 is 1.62 bits per heavy atom. The number of hydrogen-bond acceptors (Lipinski definition) is 3. The first-order valence-corrected chi connectivity index (χ1v) is 4.81. The predicted octanol–water partition coefficient (Wildman–Crippen LogP) is 2.78. The Kier molecular flexibility index (Phi) is 3.02. The number of ether oxygens (including phenoxy) is 1. The van der Waals surface area contributed by atoms with E-state index in [2.05, 4.69) is 20.7 Å². The Morgan fingerprint density at radius 2 is 2.23 bits per heavy atom. The number of rotatable bonds is 2. The molecule has 1 aromatic rings. The molecular weight excluding hydrogens is 266 g/mol. The molecule has 0 saturated heterocycles. The van der Waals surface area contributed by atoms with Crippen LogP contribution in [-0.4, -0.2) is 13.1 Å². The highest BCUT2D eigenvalue weighted by Crippen LogP contribution is 2.36. The van der Waals surface area contributed by atoms with E-state index in [1.165, 1.54) is 12.1 Å². The maximum absolute atomic E-state index is 13.1. The molecule has 0 bridgehead atoms. The van der Waals surface area contributed by atoms with Crippen molar-refractivity contribution in [1.29, 1.82) is 0 Å². The zero-order valence-electron chi connectivity index (χ0n) is 6.51. The van der Waals surface area contributed by atoms with Gasteiger partial charge in [-0.1, -0.05) is 0 Å². The van der Waals surface area contributed by atoms with E-state index in [0.717, 1.165) is 18.4 Å². The molecule has 1 heterocycles. The summed E-state index contributed by atoms with van der Waals surface area (Å²) in [5.41, 5.74) is 0. The van der Waals surface area contributed by atoms with Crippen LogP contribution < -0.4 is 0 Å². The van der Waals surface area contributed by atoms with Gasteiger partial charge >= 0.3 is 11.9 Å². The molecule has 0 amide bonds. The number of esters is 1. The molecule has 0 saturated carbocycles. The van der Waals surface area contributed by atoms with Crippen LogP contribution in [0.25, 0.3) is 0 Å². The van der Waals surface area contributed by atoms with Crippen molar-refractivity contribution in [2.45, 2.75) is 5.92 Å². The fraction of sp³-hybridized carbons (Fsp3) is 0.286. The van der Waals surface area contributed by atoms with Crippen molar-refractivity contribution < 1.29 is 18.3 Å². The van der Waals surface area contributed by atoms with Crippen molar-refractivity contribution in [1.82, 2.24) is 0 Å². The summed E-state index contributed by atoms with van der Waals surface area (Å²) in [4.78, 5) is 10.3. The van der Waals surface area contributed by atoms with Gasteiger partial charge in [-0.25, -0.2) is 4.79 Å². The Balaban J connectivity index is 2.99. The first kappa shape index (κ1) is 10.6. The predicted molar refractivity (Wildman–Crippen MR) is 47.9 cm³/mol. The third-order valence-electron chi connectivity index (χ3n) is 1.32. The number of alkyl halides is 2. The molecule has 1 rings (SSSR count). The molecule has 0 aliphatic carbocycles. The van der Waals surface area contributed by atoms with Crippen LogP contribution in [0.15, 0.2) is 15.9 Å². The highest BCUT2D eigenvalue weighted by Gasteiger charge is 2.43. The van der Waals surface area contributed by atoms with Crippen LogP contribution in [0.2, 0.25) is 0 Å². The molecule has 0 aliphatic rings. The van der Waals surface area contributed by atoms with Gasteiger partial charge in [0, 0.05) is 0 Å². The fourth-order valence-electron chi connectivity index (χ4n) is 0.712. The molecule has 0 spiro atoms. The van der Waals surface area contributed by atoms with Crippen LogP contribution in [0.4, 0.5) is 8.78 Å². The quantitative estimate of drug-likeness (QED) is 0.773. The summed E-state index contributed by atoms with van der Waals surface area (Å²) in [6.07, 6.45) is 0. The first-order valence-electron chi connectivity index (χ1n) is 3.20. The number of hydrogen-bond donors (Lipinski definition) is 0. The lowest BCUT2D eigenvalue weighted by Gasteiger charge is -2.10. The highest BCUT2D eigenvalue weighted by atomic mass is 79.9. The minimum atomic E-state index is -3.55. The van der Waals surface area contributed by atoms with Crippen LogP contribution in [0.3, 0.4) is 0 Å². The van der Waals surface area contributed by atoms with E-state index < -0.39 is 11.9 Å². The van der Waals surface area contributed by atoms with Gasteiger partial charge in [-0.3, -0.25) is 0 Å². The maximum Gasteiger partial charge on any atom is 0.382 e. The standard InChI is InChI=1S/C7H5BrF2O2S/c1-12-6(11)7(9,10)4-2-3-5(8)13-4/h2-3H,1H3. The monoisotopic (exact) mass is 270 g/mol. The Morgan fingerprint density at radius 3 is 2.62 bits per heavy atom. The molecular formula is C7H5BrF2O2S. The first-order chi connectivity index (χ1) is 5.98. The minimum absolute atomic E-state index is 0.328. The van der Waals surface area contributed by atoms with Crippen LogP contribution >= 0.6 is 27.3 Å². The third-order valence-corrected chi connectivity index (χ3v) is 3.02. The summed E-state index contributed by atoms with van der Waals surface area (Å²) in [5.74, 6) is -5.09. The topological polar surface area (TPSA) is 26.3 Å². The smallest absolute Gasteiger partial charge is 0.382 e. The molecule has 0 aliphatic heterocycles. The summed E-state index contributed by atoms with van der Waals surface area (Å²) in [7, 11) is 0.929. The SMILES string of the molecule is COC(=O)C(F)(F)c1ccc(Br)s1. The van der Waals surface area contributed by atoms with Crippen molar-refractivity contribution in [2.24, 2.45) is 0 Å². The molecule has 13 heavy (non-hydrogen) atoms. The lowest BCUT2D eigenvalue weighted by molar-refractivity contribution is -0.169. The number of halogens is 3. The molecule has 0 atom stereocenters. The van der Waals surface area contributed by atoms with Gasteiger partial charge in [-0.15, -0.1) is 11.3 Å². The van der Waals surface area contributed by atoms with Crippen molar-refractivity contribution in [3.63, 3.8) is 0 Å². The average Bonchev–Trinajstić information content (AvgIpc) is 2.50. The number of carbonyl (C=O) groups is 1. The van der Waals surface area contributed by atoms with Crippen molar-refractivity contribution in [2.75, 3.05) is 7.11 Å². The van der Waals surface area contributed by atoms with E-state index in [-0.39, 0.29) is 4.88 Å². The zero-order valence-corrected chi connectivity index (χ0v) is 8.92. The number of thiophene rings is 1. The van der Waals surface area contributed by atoms with E-state index in [1.54, 1.807) is 0 Å². The van der Waals surface area contributed by atoms with Crippen LogP contribution in [0, 0.1) is 0 Å². The summed E-state index contributed by atoms with van der Waals surface area (Å²) < 4.78 is 30.7. The normalized spacial score (nSPS) is 11.4. The molecule has 1 aromatic heterocycles. The van der Waals surface area contributed by atoms with Gasteiger partial charge < -0.3 is 4.74 Å². The van der Waals surface area contributed by atoms with Crippen molar-refractivity contribution in [3.8, 4) is 0 Å². The molecule has 0 N–H and O–H groups in total. The second-order valence-electron chi connectivity index (χ2n) is 2.17. The molecule has 6 heteroatoms. The second kappa shape index (κ2) is 3.71. The van der Waals surface area contributed by atoms with Gasteiger partial charge in [0.2, 0.25) is 0 Å². The van der Waals surface area contributed by atoms with E-state index in [0.29, 0.717) is 3.79 Å². The Bertz CT molecular complexity index is 324. The van der Waals surface area contributed by atoms with Gasteiger partial charge in [0.05, 0.1) is 15.8 Å². The third kappa shape index (κ3) is 2.05. The molecule has 0 fully saturated rings. The highest BCUT2D eigenvalue weighted by molar-refractivity contribution is 9.11. The van der Waals surface area contributed by atoms with Gasteiger partial charge in [0.25, 0.3) is 0 Å². The van der Waals surface area contributed by atoms with E-state index in [1.807, 2.05) is 0 Å². The lowest BCUT2D eigenvalue weighted by atomic mass is 10.3. The Hall–Kier alpha value is -0.490. The van der Waals surface area contributed by atoms with Crippen LogP contribution in [0.5, 0.6) is 0 Å². The lowest BCUT2D eigenvalue weighted by Crippen LogP contribution is -2.25. The number of carbonyl (C=O) groups excluding carboxylic acids is 1. The Labute approximate surface area is 85.6 Å². The molecule has 0 unspecified atom stereocenters. The van der Waals surface area contributed by atoms with E-state index >= 15 is 0 Å².